The number of piperazine rings is 1. The molecule has 478 valence electrons. The number of amides is 4. The second kappa shape index (κ2) is 27.4. The molecule has 6 atom stereocenters. The first-order valence-corrected chi connectivity index (χ1v) is 27.6. The average molecular weight is 1260 g/mol. The molecule has 89 heavy (non-hydrogen) atoms. The van der Waals surface area contributed by atoms with Crippen LogP contribution >= 0.6 is 0 Å². The van der Waals surface area contributed by atoms with Crippen molar-refractivity contribution in [1.29, 1.82) is 0 Å². The van der Waals surface area contributed by atoms with E-state index in [9.17, 15) is 59.1 Å². The summed E-state index contributed by atoms with van der Waals surface area (Å²) in [5.41, 5.74) is -5.30. The number of hydrogen-bond acceptors (Lipinski definition) is 16. The lowest BCUT2D eigenvalue weighted by Crippen LogP contribution is -2.64. The molecule has 0 radical (unpaired) electrons. The topological polar surface area (TPSA) is 237 Å². The van der Waals surface area contributed by atoms with E-state index in [0.29, 0.717) is 80.0 Å². The molecule has 0 aliphatic carbocycles. The van der Waals surface area contributed by atoms with Gasteiger partial charge in [0.2, 0.25) is 11.9 Å². The number of nitrogens with zero attached hydrogens (tertiary/aromatic N) is 8. The summed E-state index contributed by atoms with van der Waals surface area (Å²) in [4.78, 5) is 86.3. The van der Waals surface area contributed by atoms with Crippen molar-refractivity contribution in [1.82, 2.24) is 56.0 Å². The van der Waals surface area contributed by atoms with Gasteiger partial charge in [-0.2, -0.15) is 40.2 Å². The van der Waals surface area contributed by atoms with Crippen molar-refractivity contribution in [3.05, 3.63) is 125 Å². The molecule has 3 aliphatic heterocycles. The molecule has 3 fully saturated rings. The first kappa shape index (κ1) is 66.3. The van der Waals surface area contributed by atoms with Crippen LogP contribution in [-0.4, -0.2) is 166 Å². The fourth-order valence-corrected chi connectivity index (χ4v) is 10.3. The number of carbonyl (C=O) groups excluding carboxylic acids is 5. The zero-order valence-corrected chi connectivity index (χ0v) is 48.6. The number of nitrogens with one attached hydrogen (secondary N) is 4. The van der Waals surface area contributed by atoms with Gasteiger partial charge < -0.3 is 39.8 Å². The number of hydrogen-bond donors (Lipinski definition) is 4. The minimum atomic E-state index is -5.29. The van der Waals surface area contributed by atoms with Crippen molar-refractivity contribution in [3.8, 4) is 23.1 Å². The normalized spacial score (nSPS) is 17.8. The number of carbonyl (C=O) groups is 5. The molecule has 4 N–H and O–H groups in total. The molecule has 3 aromatic heterocycles. The lowest BCUT2D eigenvalue weighted by Gasteiger charge is -2.47. The number of rotatable bonds is 21. The van der Waals surface area contributed by atoms with E-state index in [0.717, 1.165) is 77.9 Å². The van der Waals surface area contributed by atoms with Crippen molar-refractivity contribution in [2.24, 2.45) is 10.8 Å². The van der Waals surface area contributed by atoms with Crippen molar-refractivity contribution in [3.63, 3.8) is 0 Å². The number of alkyl carbamates (subject to hydrolysis) is 2. The van der Waals surface area contributed by atoms with Crippen molar-refractivity contribution >= 4 is 35.9 Å². The van der Waals surface area contributed by atoms with Gasteiger partial charge in [-0.15, -0.1) is 0 Å². The molecule has 4 amide bonds. The summed E-state index contributed by atoms with van der Waals surface area (Å²) in [6.45, 7) is -0.388. The number of halogens is 10. The Bertz CT molecular complexity index is 3360. The Hall–Kier alpha value is -8.63. The number of aromatic nitrogens is 5. The van der Waals surface area contributed by atoms with E-state index in [2.05, 4.69) is 61.9 Å². The lowest BCUT2D eigenvalue weighted by molar-refractivity contribution is -0.221. The van der Waals surface area contributed by atoms with Crippen LogP contribution in [0.3, 0.4) is 0 Å². The molecule has 21 nitrogen and oxygen atoms in total. The van der Waals surface area contributed by atoms with E-state index >= 15 is 8.78 Å². The van der Waals surface area contributed by atoms with Gasteiger partial charge >= 0.3 is 37.1 Å². The fourth-order valence-electron chi connectivity index (χ4n) is 10.3. The van der Waals surface area contributed by atoms with Crippen LogP contribution in [0.2, 0.25) is 0 Å². The van der Waals surface area contributed by atoms with Crippen LogP contribution < -0.4 is 26.3 Å². The smallest absolute Gasteiger partial charge is 0.407 e. The lowest BCUT2D eigenvalue weighted by atomic mass is 9.82. The van der Waals surface area contributed by atoms with Crippen LogP contribution in [-0.2, 0) is 41.5 Å². The van der Waals surface area contributed by atoms with Gasteiger partial charge in [0.25, 0.3) is 5.91 Å². The van der Waals surface area contributed by atoms with Crippen LogP contribution in [0.4, 0.5) is 59.4 Å². The van der Waals surface area contributed by atoms with Crippen LogP contribution in [0.25, 0.3) is 11.3 Å². The molecule has 0 saturated carbocycles. The van der Waals surface area contributed by atoms with Gasteiger partial charge in [0.05, 0.1) is 68.1 Å². The number of pyridine rings is 1. The SMILES string of the molecule is COC(=O)N[C@H](C(=O)N[C@@H](Cc1ccc(C#Cc2cnc(N3CC4CCC(C3)N4C3COC3)nc2)cc1)[C@H](CN(Cc1c(F)cc(-c2ccn(C(F)F)n2)cc1F)NC(=O)[C@@H](NC(=O)OC)C(C)(C)C(F)(F)F)OC(=O)c1ccccn1)C(C)(C)C(F)(F)F. The van der Waals surface area contributed by atoms with E-state index in [-0.39, 0.29) is 21.5 Å². The number of hydrazine groups is 1. The molecule has 3 aliphatic rings. The number of ether oxygens (including phenoxy) is 4. The maximum atomic E-state index is 16.4. The largest absolute Gasteiger partial charge is 0.454 e. The van der Waals surface area contributed by atoms with E-state index in [1.165, 1.54) is 36.4 Å². The Balaban J connectivity index is 1.17. The van der Waals surface area contributed by atoms with Crippen molar-refractivity contribution in [2.75, 3.05) is 52.0 Å². The highest BCUT2D eigenvalue weighted by atomic mass is 19.4. The van der Waals surface area contributed by atoms with Crippen LogP contribution in [0.15, 0.2) is 85.5 Å². The van der Waals surface area contributed by atoms with Gasteiger partial charge in [-0.3, -0.25) is 19.9 Å². The fraction of sp³-hybridized carbons (Fsp3) is 0.466. The zero-order valence-electron chi connectivity index (χ0n) is 48.6. The summed E-state index contributed by atoms with van der Waals surface area (Å²) in [7, 11) is 1.58. The Morgan fingerprint density at radius 2 is 1.31 bits per heavy atom. The third kappa shape index (κ3) is 15.6. The highest BCUT2D eigenvalue weighted by Crippen LogP contribution is 2.42. The van der Waals surface area contributed by atoms with Crippen LogP contribution in [0, 0.1) is 34.3 Å². The molecule has 6 heterocycles. The van der Waals surface area contributed by atoms with Crippen LogP contribution in [0.1, 0.15) is 79.8 Å². The molecule has 8 rings (SSSR count). The summed E-state index contributed by atoms with van der Waals surface area (Å²) >= 11 is 0. The molecule has 5 aromatic rings. The Morgan fingerprint density at radius 3 is 1.82 bits per heavy atom. The maximum Gasteiger partial charge on any atom is 0.407 e. The number of methoxy groups -OCH3 is 2. The summed E-state index contributed by atoms with van der Waals surface area (Å²) in [6, 6.07) is 6.25. The summed E-state index contributed by atoms with van der Waals surface area (Å²) in [5, 5.41) is 10.2. The van der Waals surface area contributed by atoms with Gasteiger partial charge in [0.1, 0.15) is 35.5 Å². The Labute approximate surface area is 503 Å². The van der Waals surface area contributed by atoms with E-state index in [1.807, 2.05) is 5.32 Å². The Morgan fingerprint density at radius 1 is 0.742 bits per heavy atom. The second-order valence-electron chi connectivity index (χ2n) is 22.4. The third-order valence-corrected chi connectivity index (χ3v) is 15.8. The third-order valence-electron chi connectivity index (χ3n) is 15.8. The zero-order chi connectivity index (χ0) is 64.8. The van der Waals surface area contributed by atoms with Crippen molar-refractivity contribution < 1.29 is 86.8 Å². The molecule has 2 aromatic carbocycles. The predicted molar refractivity (Wildman–Crippen MR) is 295 cm³/mol. The minimum Gasteiger partial charge on any atom is -0.454 e. The van der Waals surface area contributed by atoms with Gasteiger partial charge in [-0.05, 0) is 95.0 Å². The summed E-state index contributed by atoms with van der Waals surface area (Å²) in [5.74, 6) is -1.07. The van der Waals surface area contributed by atoms with E-state index in [1.54, 1.807) is 17.7 Å². The number of alkyl halides is 8. The first-order chi connectivity index (χ1) is 42.0. The second-order valence-corrected chi connectivity index (χ2v) is 22.4. The van der Waals surface area contributed by atoms with Gasteiger partial charge in [-0.25, -0.2) is 47.8 Å². The molecule has 2 bridgehead atoms. The molecular formula is C58H62F10N12O9. The molecule has 0 spiro atoms. The van der Waals surface area contributed by atoms with Gasteiger partial charge in [0, 0.05) is 73.2 Å². The number of benzene rings is 2. The van der Waals surface area contributed by atoms with Crippen molar-refractivity contribution in [2.45, 2.75) is 115 Å². The number of fused-ring (bicyclic) bond motifs is 2. The minimum absolute atomic E-state index is 0.188. The highest BCUT2D eigenvalue weighted by Gasteiger charge is 2.57. The highest BCUT2D eigenvalue weighted by molar-refractivity contribution is 5.89. The molecule has 3 saturated heterocycles. The molecule has 31 heteroatoms. The van der Waals surface area contributed by atoms with Gasteiger partial charge in [-0.1, -0.05) is 30.0 Å². The number of anilines is 1. The predicted octanol–water partition coefficient (Wildman–Crippen LogP) is 7.27. The molecule has 2 unspecified atom stereocenters. The number of esters is 1. The monoisotopic (exact) mass is 1260 g/mol. The quantitative estimate of drug-likeness (QED) is 0.0186. The summed E-state index contributed by atoms with van der Waals surface area (Å²) < 4.78 is 170. The van der Waals surface area contributed by atoms with Gasteiger partial charge in [0.15, 0.2) is 0 Å². The van der Waals surface area contributed by atoms with E-state index in [4.69, 9.17) is 9.47 Å². The Kier molecular flexibility index (Phi) is 20.4. The maximum absolute atomic E-state index is 16.4. The van der Waals surface area contributed by atoms with Crippen LogP contribution in [0.5, 0.6) is 0 Å². The van der Waals surface area contributed by atoms with E-state index < -0.39 is 126 Å². The summed E-state index contributed by atoms with van der Waals surface area (Å²) in [6.07, 6.45) is -8.98. The standard InChI is InChI=1S/C58H62F10N12O9/c1-55(2,57(63,64)65)46(73-53(84)86-5)48(81)72-44(21-33-13-10-32(11-14-33)12-15-34-24-70-52(71-25-34)77-26-36-16-17-37(27-77)80(36)38-30-88-31-38)45(89-50(83)43-9-7-8-19-69-43)29-78(76-49(82)47(74-54(85)87-6)56(3,4)58(66,67)68)28-39-40(59)22-35(23-41(39)60)42-18-20-79(75-42)51(61)62/h7-11,13-14,18-20,22-25,36-38,44-47,51H,16-17,21,26-31H2,1-6H3,(H,72,81)(H,73,84)(H,74,85)(H,76,82)/t36?,37?,44-,45-,46+,47+/m0/s1. The average Bonchev–Trinajstić information content (AvgIpc) is 1.82. The first-order valence-electron chi connectivity index (χ1n) is 27.6. The molecular weight excluding hydrogens is 1200 g/mol.